The van der Waals surface area contributed by atoms with E-state index in [1.807, 2.05) is 36.5 Å². The third kappa shape index (κ3) is 5.83. The summed E-state index contributed by atoms with van der Waals surface area (Å²) in [5, 5.41) is 11.6. The summed E-state index contributed by atoms with van der Waals surface area (Å²) >= 11 is 0. The maximum absolute atomic E-state index is 10.5. The van der Waals surface area contributed by atoms with Crippen molar-refractivity contribution in [1.29, 1.82) is 0 Å². The van der Waals surface area contributed by atoms with E-state index in [1.54, 1.807) is 12.1 Å². The smallest absolute Gasteiger partial charge is 0.230 e. The van der Waals surface area contributed by atoms with Gasteiger partial charge in [0.1, 0.15) is 11.3 Å². The summed E-state index contributed by atoms with van der Waals surface area (Å²) in [5.41, 5.74) is 10.4. The first kappa shape index (κ1) is 30.5. The van der Waals surface area contributed by atoms with E-state index in [0.29, 0.717) is 17.0 Å². The van der Waals surface area contributed by atoms with Crippen LogP contribution in [0.5, 0.6) is 5.75 Å². The third-order valence-corrected chi connectivity index (χ3v) is 8.40. The van der Waals surface area contributed by atoms with Crippen molar-refractivity contribution >= 4 is 22.0 Å². The molecule has 1 unspecified atom stereocenters. The fraction of sp³-hybridized carbons (Fsp3) is 0.150. The molecule has 0 fully saturated rings. The Morgan fingerprint density at radius 3 is 2.18 bits per heavy atom. The topological polar surface area (TPSA) is 59.2 Å². The number of pyridine rings is 1. The van der Waals surface area contributed by atoms with Gasteiger partial charge in [0.05, 0.1) is 11.1 Å². The van der Waals surface area contributed by atoms with Gasteiger partial charge in [0, 0.05) is 32.8 Å². The summed E-state index contributed by atoms with van der Waals surface area (Å²) in [6.07, 6.45) is 1.86. The minimum Gasteiger partial charge on any atom is -0.507 e. The second-order valence-corrected chi connectivity index (χ2v) is 12.4. The molecule has 2 aromatic heterocycles. The number of rotatable bonds is 5. The van der Waals surface area contributed by atoms with E-state index < -0.39 is 0 Å². The van der Waals surface area contributed by atoms with Crippen molar-refractivity contribution in [2.75, 3.05) is 0 Å². The molecule has 0 bridgehead atoms. The van der Waals surface area contributed by atoms with Crippen molar-refractivity contribution in [3.05, 3.63) is 138 Å². The molecule has 0 radical (unpaired) electrons. The number of fused-ring (bicyclic) bond motifs is 2. The fourth-order valence-electron chi connectivity index (χ4n) is 5.83. The summed E-state index contributed by atoms with van der Waals surface area (Å²) < 4.78 is 6.17. The van der Waals surface area contributed by atoms with E-state index in [1.165, 1.54) is 16.7 Å². The summed E-state index contributed by atoms with van der Waals surface area (Å²) in [7, 11) is 0. The Kier molecular flexibility index (Phi) is 8.20. The largest absolute Gasteiger partial charge is 0.507 e. The van der Waals surface area contributed by atoms with Crippen LogP contribution in [0.15, 0.2) is 120 Å². The first-order valence-electron chi connectivity index (χ1n) is 15.0. The molecule has 0 aliphatic heterocycles. The first-order chi connectivity index (χ1) is 21.3. The number of phenols is 1. The molecule has 2 heterocycles. The minimum absolute atomic E-state index is 0. The standard InChI is InChI=1S/C40H33N2O2.Pt/c1-25(26-12-6-5-7-13-26)28-20-29(32-16-10-18-36-38(32)42-39(44-36)33-15-8-9-17-35(33)43)22-30(21-28)34-24-31(40(2,3)4)23-27-14-11-19-41-37(27)34;/h5-21,23-25,43H,1-4H3;/q-1;. The molecule has 45 heavy (non-hydrogen) atoms. The molecule has 4 nitrogen and oxygen atoms in total. The quantitative estimate of drug-likeness (QED) is 0.177. The zero-order valence-corrected chi connectivity index (χ0v) is 27.9. The molecule has 0 amide bonds. The van der Waals surface area contributed by atoms with Gasteiger partial charge in [-0.2, -0.15) is 0 Å². The molecular formula is C40H33N2O2Pt-. The molecule has 0 aliphatic carbocycles. The van der Waals surface area contributed by atoms with E-state index in [-0.39, 0.29) is 38.1 Å². The average molecular weight is 769 g/mol. The SMILES string of the molecule is CC(c1ccccc1)c1cc(-c2cc(C(C)(C)C)cc3cccnc23)[c-]c(-c2cccc3oc(-c4ccccc4O)nc23)c1.[Pt]. The van der Waals surface area contributed by atoms with Crippen molar-refractivity contribution in [1.82, 2.24) is 9.97 Å². The summed E-state index contributed by atoms with van der Waals surface area (Å²) in [6, 6.07) is 40.5. The number of para-hydroxylation sites is 2. The second-order valence-electron chi connectivity index (χ2n) is 12.4. The fourth-order valence-corrected chi connectivity index (χ4v) is 5.83. The Hall–Kier alpha value is -4.53. The van der Waals surface area contributed by atoms with E-state index >= 15 is 0 Å². The summed E-state index contributed by atoms with van der Waals surface area (Å²) in [6.45, 7) is 8.97. The molecule has 0 spiro atoms. The number of benzene rings is 5. The normalized spacial score (nSPS) is 12.3. The van der Waals surface area contributed by atoms with Gasteiger partial charge < -0.3 is 9.52 Å². The van der Waals surface area contributed by atoms with Crippen LogP contribution in [-0.2, 0) is 26.5 Å². The Balaban J connectivity index is 0.00000357. The summed E-state index contributed by atoms with van der Waals surface area (Å²) in [5.74, 6) is 0.653. The molecule has 1 atom stereocenters. The van der Waals surface area contributed by atoms with Gasteiger partial charge in [0.15, 0.2) is 0 Å². The number of oxazole rings is 1. The molecule has 5 aromatic carbocycles. The molecule has 7 aromatic rings. The van der Waals surface area contributed by atoms with Gasteiger partial charge in [-0.15, -0.1) is 34.9 Å². The van der Waals surface area contributed by atoms with Gasteiger partial charge in [-0.1, -0.05) is 112 Å². The van der Waals surface area contributed by atoms with Crippen LogP contribution >= 0.6 is 0 Å². The van der Waals surface area contributed by atoms with Crippen LogP contribution in [0.1, 0.15) is 50.3 Å². The van der Waals surface area contributed by atoms with Crippen LogP contribution < -0.4 is 0 Å². The van der Waals surface area contributed by atoms with E-state index in [0.717, 1.165) is 38.7 Å². The van der Waals surface area contributed by atoms with Crippen molar-refractivity contribution in [2.45, 2.75) is 39.0 Å². The molecule has 0 saturated heterocycles. The number of hydrogen-bond acceptors (Lipinski definition) is 4. The van der Waals surface area contributed by atoms with Crippen molar-refractivity contribution in [3.63, 3.8) is 0 Å². The molecule has 0 saturated carbocycles. The van der Waals surface area contributed by atoms with Crippen LogP contribution in [0.2, 0.25) is 0 Å². The number of aromatic hydroxyl groups is 1. The monoisotopic (exact) mass is 768 g/mol. The Bertz CT molecular complexity index is 2140. The van der Waals surface area contributed by atoms with Crippen LogP contribution in [0.25, 0.3) is 55.7 Å². The van der Waals surface area contributed by atoms with Crippen molar-refractivity contribution in [2.24, 2.45) is 0 Å². The van der Waals surface area contributed by atoms with Gasteiger partial charge in [-0.25, -0.2) is 4.98 Å². The van der Waals surface area contributed by atoms with Crippen LogP contribution in [0, 0.1) is 6.07 Å². The van der Waals surface area contributed by atoms with Gasteiger partial charge in [-0.05, 0) is 52.1 Å². The van der Waals surface area contributed by atoms with E-state index in [9.17, 15) is 5.11 Å². The average Bonchev–Trinajstić information content (AvgIpc) is 3.48. The van der Waals surface area contributed by atoms with E-state index in [2.05, 4.69) is 100 Å². The van der Waals surface area contributed by atoms with Crippen LogP contribution in [-0.4, -0.2) is 15.1 Å². The molecule has 7 rings (SSSR count). The molecule has 5 heteroatoms. The number of phenolic OH excluding ortho intramolecular Hbond substituents is 1. The maximum atomic E-state index is 10.5. The van der Waals surface area contributed by atoms with Gasteiger partial charge in [0.25, 0.3) is 0 Å². The zero-order chi connectivity index (χ0) is 30.4. The Labute approximate surface area is 278 Å². The molecule has 226 valence electrons. The van der Waals surface area contributed by atoms with Gasteiger partial charge >= 0.3 is 0 Å². The number of aromatic nitrogens is 2. The van der Waals surface area contributed by atoms with Crippen LogP contribution in [0.4, 0.5) is 0 Å². The summed E-state index contributed by atoms with van der Waals surface area (Å²) in [4.78, 5) is 9.73. The van der Waals surface area contributed by atoms with Gasteiger partial charge in [0.2, 0.25) is 5.89 Å². The molecule has 1 N–H and O–H groups in total. The Morgan fingerprint density at radius 1 is 0.711 bits per heavy atom. The van der Waals surface area contributed by atoms with Crippen LogP contribution in [0.3, 0.4) is 0 Å². The number of hydrogen-bond donors (Lipinski definition) is 1. The first-order valence-corrected chi connectivity index (χ1v) is 15.0. The minimum atomic E-state index is -0.0394. The zero-order valence-electron chi connectivity index (χ0n) is 25.6. The van der Waals surface area contributed by atoms with Crippen molar-refractivity contribution < 1.29 is 30.6 Å². The van der Waals surface area contributed by atoms with E-state index in [4.69, 9.17) is 14.4 Å². The molecule has 0 aliphatic rings. The second kappa shape index (κ2) is 12.1. The molecular weight excluding hydrogens is 736 g/mol. The predicted molar refractivity (Wildman–Crippen MR) is 179 cm³/mol. The third-order valence-electron chi connectivity index (χ3n) is 8.40. The Morgan fingerprint density at radius 2 is 1.42 bits per heavy atom. The van der Waals surface area contributed by atoms with Crippen molar-refractivity contribution in [3.8, 4) is 39.5 Å². The maximum Gasteiger partial charge on any atom is 0.230 e. The number of nitrogens with zero attached hydrogens (tertiary/aromatic N) is 2. The predicted octanol–water partition coefficient (Wildman–Crippen LogP) is 10.3. The van der Waals surface area contributed by atoms with Gasteiger partial charge in [-0.3, -0.25) is 4.98 Å².